The van der Waals surface area contributed by atoms with E-state index in [9.17, 15) is 4.79 Å². The highest BCUT2D eigenvalue weighted by molar-refractivity contribution is 6.30. The minimum Gasteiger partial charge on any atom is -0.380 e. The number of nitrogens with one attached hydrogen (secondary N) is 2. The number of alkyl halides is 1. The van der Waals surface area contributed by atoms with Crippen molar-refractivity contribution >= 4 is 40.6 Å². The van der Waals surface area contributed by atoms with Gasteiger partial charge in [-0.15, -0.1) is 16.7 Å². The standard InChI is InChI=1S/C22H20Cl2N4O/c23-11-14-4-6-15(7-5-14)12-25-18-9-21(28-26-13-18)27-22(29)20-10-19(20)16-2-1-3-17(24)8-16/h1-9,13,19-20H,10-12H2,(H2,25,27,28,29)/t19-,20+/m1/s1. The number of nitrogens with zero attached hydrogens (tertiary/aromatic N) is 2. The number of anilines is 2. The molecule has 7 heteroatoms. The van der Waals surface area contributed by atoms with Crippen molar-refractivity contribution in [1.29, 1.82) is 0 Å². The van der Waals surface area contributed by atoms with Gasteiger partial charge < -0.3 is 10.6 Å². The van der Waals surface area contributed by atoms with Gasteiger partial charge in [0.1, 0.15) is 0 Å². The number of carbonyl (C=O) groups is 1. The lowest BCUT2D eigenvalue weighted by Crippen LogP contribution is -2.16. The van der Waals surface area contributed by atoms with Crippen LogP contribution in [-0.2, 0) is 17.2 Å². The average Bonchev–Trinajstić information content (AvgIpc) is 3.54. The Kier molecular flexibility index (Phi) is 5.97. The molecule has 148 valence electrons. The summed E-state index contributed by atoms with van der Waals surface area (Å²) in [7, 11) is 0. The summed E-state index contributed by atoms with van der Waals surface area (Å²) in [4.78, 5) is 12.6. The molecule has 2 N–H and O–H groups in total. The van der Waals surface area contributed by atoms with Crippen molar-refractivity contribution in [2.45, 2.75) is 24.8 Å². The third-order valence-electron chi connectivity index (χ3n) is 4.98. The first-order valence-corrected chi connectivity index (χ1v) is 10.3. The Morgan fingerprint density at radius 2 is 1.90 bits per heavy atom. The molecule has 2 atom stereocenters. The smallest absolute Gasteiger partial charge is 0.229 e. The van der Waals surface area contributed by atoms with Gasteiger partial charge in [-0.2, -0.15) is 5.10 Å². The van der Waals surface area contributed by atoms with Gasteiger partial charge in [-0.05, 0) is 41.2 Å². The van der Waals surface area contributed by atoms with Gasteiger partial charge in [0.05, 0.1) is 11.9 Å². The van der Waals surface area contributed by atoms with Crippen LogP contribution < -0.4 is 10.6 Å². The molecule has 0 bridgehead atoms. The number of rotatable bonds is 7. The summed E-state index contributed by atoms with van der Waals surface area (Å²) in [6, 6.07) is 17.5. The highest BCUT2D eigenvalue weighted by Crippen LogP contribution is 2.48. The molecule has 29 heavy (non-hydrogen) atoms. The number of aromatic nitrogens is 2. The first-order chi connectivity index (χ1) is 14.1. The third-order valence-corrected chi connectivity index (χ3v) is 5.53. The molecule has 1 aromatic heterocycles. The van der Waals surface area contributed by atoms with Crippen LogP contribution in [-0.4, -0.2) is 16.1 Å². The minimum atomic E-state index is -0.0627. The van der Waals surface area contributed by atoms with Crippen molar-refractivity contribution in [3.8, 4) is 0 Å². The van der Waals surface area contributed by atoms with Crippen molar-refractivity contribution in [1.82, 2.24) is 10.2 Å². The number of benzene rings is 2. The molecule has 2 aromatic carbocycles. The van der Waals surface area contributed by atoms with Gasteiger partial charge in [0.25, 0.3) is 0 Å². The van der Waals surface area contributed by atoms with Gasteiger partial charge in [0.2, 0.25) is 5.91 Å². The molecule has 1 heterocycles. The number of hydrogen-bond acceptors (Lipinski definition) is 4. The molecular formula is C22H20Cl2N4O. The van der Waals surface area contributed by atoms with E-state index in [0.717, 1.165) is 28.8 Å². The van der Waals surface area contributed by atoms with Crippen LogP contribution in [0.15, 0.2) is 60.8 Å². The Hall–Kier alpha value is -2.63. The summed E-state index contributed by atoms with van der Waals surface area (Å²) in [6.45, 7) is 0.640. The maximum atomic E-state index is 12.6. The maximum absolute atomic E-state index is 12.6. The lowest BCUT2D eigenvalue weighted by atomic mass is 10.1. The van der Waals surface area contributed by atoms with E-state index >= 15 is 0 Å². The predicted octanol–water partition coefficient (Wildman–Crippen LogP) is 5.22. The average molecular weight is 427 g/mol. The largest absolute Gasteiger partial charge is 0.380 e. The Morgan fingerprint density at radius 3 is 2.66 bits per heavy atom. The van der Waals surface area contributed by atoms with Crippen molar-refractivity contribution in [3.63, 3.8) is 0 Å². The second-order valence-corrected chi connectivity index (χ2v) is 7.83. The molecule has 1 saturated carbocycles. The molecule has 1 aliphatic carbocycles. The van der Waals surface area contributed by atoms with E-state index in [1.165, 1.54) is 0 Å². The monoisotopic (exact) mass is 426 g/mol. The summed E-state index contributed by atoms with van der Waals surface area (Å²) in [5.74, 6) is 1.04. The van der Waals surface area contributed by atoms with E-state index < -0.39 is 0 Å². The second kappa shape index (κ2) is 8.80. The first kappa shape index (κ1) is 19.7. The Morgan fingerprint density at radius 1 is 1.10 bits per heavy atom. The molecule has 0 unspecified atom stereocenters. The van der Waals surface area contributed by atoms with Crippen molar-refractivity contribution in [2.24, 2.45) is 5.92 Å². The molecule has 0 aliphatic heterocycles. The molecule has 1 fully saturated rings. The molecule has 5 nitrogen and oxygen atoms in total. The third kappa shape index (κ3) is 5.05. The van der Waals surface area contributed by atoms with Crippen LogP contribution in [0.4, 0.5) is 11.5 Å². The van der Waals surface area contributed by atoms with E-state index in [-0.39, 0.29) is 17.7 Å². The van der Waals surface area contributed by atoms with E-state index in [1.807, 2.05) is 48.5 Å². The van der Waals surface area contributed by atoms with E-state index in [4.69, 9.17) is 23.2 Å². The predicted molar refractivity (Wildman–Crippen MR) is 116 cm³/mol. The van der Waals surface area contributed by atoms with Crippen molar-refractivity contribution < 1.29 is 4.79 Å². The van der Waals surface area contributed by atoms with Gasteiger partial charge >= 0.3 is 0 Å². The molecule has 3 aromatic rings. The number of hydrogen-bond donors (Lipinski definition) is 2. The summed E-state index contributed by atoms with van der Waals surface area (Å²) >= 11 is 11.9. The van der Waals surface area contributed by atoms with Gasteiger partial charge in [-0.25, -0.2) is 0 Å². The van der Waals surface area contributed by atoms with Crippen LogP contribution in [0.25, 0.3) is 0 Å². The normalized spacial score (nSPS) is 17.6. The lowest BCUT2D eigenvalue weighted by Gasteiger charge is -2.09. The van der Waals surface area contributed by atoms with Crippen LogP contribution in [0.2, 0.25) is 5.02 Å². The van der Waals surface area contributed by atoms with Gasteiger partial charge in [-0.3, -0.25) is 4.79 Å². The fraction of sp³-hybridized carbons (Fsp3) is 0.227. The van der Waals surface area contributed by atoms with E-state index in [1.54, 1.807) is 12.3 Å². The van der Waals surface area contributed by atoms with E-state index in [0.29, 0.717) is 23.3 Å². The number of carbonyl (C=O) groups excluding carboxylic acids is 1. The molecule has 1 amide bonds. The Labute approximate surface area is 179 Å². The highest BCUT2D eigenvalue weighted by atomic mass is 35.5. The zero-order valence-corrected chi connectivity index (χ0v) is 17.1. The molecular weight excluding hydrogens is 407 g/mol. The lowest BCUT2D eigenvalue weighted by molar-refractivity contribution is -0.117. The molecule has 0 spiro atoms. The fourth-order valence-corrected chi connectivity index (χ4v) is 3.66. The van der Waals surface area contributed by atoms with Crippen LogP contribution in [0.1, 0.15) is 29.0 Å². The van der Waals surface area contributed by atoms with Crippen molar-refractivity contribution in [2.75, 3.05) is 10.6 Å². The SMILES string of the molecule is O=C(Nc1cc(NCc2ccc(CCl)cc2)cnn1)[C@H]1C[C@@H]1c1cccc(Cl)c1. The topological polar surface area (TPSA) is 66.9 Å². The zero-order chi connectivity index (χ0) is 20.2. The second-order valence-electron chi connectivity index (χ2n) is 7.13. The van der Waals surface area contributed by atoms with Gasteiger partial charge in [-0.1, -0.05) is 48.0 Å². The highest BCUT2D eigenvalue weighted by Gasteiger charge is 2.44. The van der Waals surface area contributed by atoms with Crippen LogP contribution in [0.5, 0.6) is 0 Å². The quantitative estimate of drug-likeness (QED) is 0.507. The van der Waals surface area contributed by atoms with Crippen LogP contribution in [0.3, 0.4) is 0 Å². The van der Waals surface area contributed by atoms with E-state index in [2.05, 4.69) is 20.8 Å². The molecule has 1 aliphatic rings. The fourth-order valence-electron chi connectivity index (χ4n) is 3.28. The zero-order valence-electron chi connectivity index (χ0n) is 15.6. The minimum absolute atomic E-state index is 0.0434. The van der Waals surface area contributed by atoms with Crippen LogP contribution >= 0.6 is 23.2 Å². The summed E-state index contributed by atoms with van der Waals surface area (Å²) < 4.78 is 0. The van der Waals surface area contributed by atoms with Crippen molar-refractivity contribution in [3.05, 3.63) is 82.5 Å². The van der Waals surface area contributed by atoms with Crippen LogP contribution in [0, 0.1) is 5.92 Å². The summed E-state index contributed by atoms with van der Waals surface area (Å²) in [5.41, 5.74) is 4.10. The van der Waals surface area contributed by atoms with Gasteiger partial charge in [0.15, 0.2) is 5.82 Å². The Balaban J connectivity index is 1.33. The summed E-state index contributed by atoms with van der Waals surface area (Å²) in [5, 5.41) is 14.9. The molecule has 4 rings (SSSR count). The summed E-state index contributed by atoms with van der Waals surface area (Å²) in [6.07, 6.45) is 2.45. The maximum Gasteiger partial charge on any atom is 0.229 e. The number of halogens is 2. The first-order valence-electron chi connectivity index (χ1n) is 9.39. The van der Waals surface area contributed by atoms with Gasteiger partial charge in [0, 0.05) is 29.4 Å². The Bertz CT molecular complexity index is 1010. The number of amides is 1. The molecule has 0 radical (unpaired) electrons. The molecule has 0 saturated heterocycles.